The maximum absolute atomic E-state index is 12.1. The summed E-state index contributed by atoms with van der Waals surface area (Å²) in [6.07, 6.45) is 6.67. The van der Waals surface area contributed by atoms with E-state index < -0.39 is 0 Å². The number of hydrogen-bond acceptors (Lipinski definition) is 3. The Morgan fingerprint density at radius 1 is 1.17 bits per heavy atom. The minimum absolute atomic E-state index is 0.148. The van der Waals surface area contributed by atoms with E-state index >= 15 is 0 Å². The Morgan fingerprint density at radius 2 is 1.92 bits per heavy atom. The average Bonchev–Trinajstić information content (AvgIpc) is 3.09. The highest BCUT2D eigenvalue weighted by Gasteiger charge is 2.20. The monoisotopic (exact) mass is 328 g/mol. The van der Waals surface area contributed by atoms with E-state index in [1.54, 1.807) is 6.20 Å². The molecule has 0 aliphatic heterocycles. The van der Waals surface area contributed by atoms with Crippen molar-refractivity contribution < 1.29 is 9.90 Å². The Balaban J connectivity index is 1.51. The van der Waals surface area contributed by atoms with E-state index in [1.807, 2.05) is 35.1 Å². The number of hydrogen-bond donors (Lipinski definition) is 3. The maximum atomic E-state index is 12.1. The molecule has 0 spiro atoms. The molecule has 2 amide bonds. The van der Waals surface area contributed by atoms with Crippen LogP contribution >= 0.6 is 0 Å². The van der Waals surface area contributed by atoms with E-state index in [0.717, 1.165) is 36.8 Å². The van der Waals surface area contributed by atoms with Crippen LogP contribution in [0.1, 0.15) is 36.8 Å². The first-order valence-corrected chi connectivity index (χ1v) is 8.47. The van der Waals surface area contributed by atoms with Crippen LogP contribution in [0.2, 0.25) is 0 Å². The van der Waals surface area contributed by atoms with Crippen molar-refractivity contribution in [1.29, 1.82) is 0 Å². The van der Waals surface area contributed by atoms with E-state index in [9.17, 15) is 9.90 Å². The van der Waals surface area contributed by atoms with Crippen LogP contribution in [0.3, 0.4) is 0 Å². The molecule has 2 aromatic rings. The van der Waals surface area contributed by atoms with Crippen LogP contribution < -0.4 is 10.6 Å². The van der Waals surface area contributed by atoms with E-state index in [1.165, 1.54) is 0 Å². The van der Waals surface area contributed by atoms with Crippen LogP contribution in [-0.4, -0.2) is 33.1 Å². The molecular weight excluding hydrogens is 304 g/mol. The van der Waals surface area contributed by atoms with Crippen molar-refractivity contribution in [2.24, 2.45) is 0 Å². The summed E-state index contributed by atoms with van der Waals surface area (Å²) in [5.74, 6) is 0. The predicted molar refractivity (Wildman–Crippen MR) is 91.4 cm³/mol. The number of aliphatic hydroxyl groups excluding tert-OH is 1. The van der Waals surface area contributed by atoms with E-state index in [-0.39, 0.29) is 18.2 Å². The number of rotatable bonds is 5. The molecule has 1 aromatic heterocycles. The number of urea groups is 1. The zero-order valence-corrected chi connectivity index (χ0v) is 13.7. The van der Waals surface area contributed by atoms with Crippen molar-refractivity contribution in [2.75, 3.05) is 0 Å². The number of aliphatic hydroxyl groups is 1. The van der Waals surface area contributed by atoms with Crippen molar-refractivity contribution in [3.05, 3.63) is 53.9 Å². The van der Waals surface area contributed by atoms with Gasteiger partial charge in [-0.2, -0.15) is 5.10 Å². The lowest BCUT2D eigenvalue weighted by Gasteiger charge is -2.26. The summed E-state index contributed by atoms with van der Waals surface area (Å²) in [6, 6.07) is 9.96. The molecule has 1 aromatic carbocycles. The Hall–Kier alpha value is -2.34. The van der Waals surface area contributed by atoms with E-state index in [2.05, 4.69) is 21.8 Å². The number of benzene rings is 1. The molecule has 24 heavy (non-hydrogen) atoms. The van der Waals surface area contributed by atoms with Crippen LogP contribution in [0.4, 0.5) is 4.79 Å². The van der Waals surface area contributed by atoms with E-state index in [4.69, 9.17) is 0 Å². The molecule has 0 atom stereocenters. The van der Waals surface area contributed by atoms with Gasteiger partial charge in [-0.3, -0.25) is 4.68 Å². The van der Waals surface area contributed by atoms with Crippen molar-refractivity contribution in [3.8, 4) is 0 Å². The Labute approximate surface area is 141 Å². The summed E-state index contributed by atoms with van der Waals surface area (Å²) in [5.41, 5.74) is 2.23. The summed E-state index contributed by atoms with van der Waals surface area (Å²) in [7, 11) is 0. The zero-order chi connectivity index (χ0) is 16.8. The van der Waals surface area contributed by atoms with Gasteiger partial charge in [0.2, 0.25) is 0 Å². The first-order chi connectivity index (χ1) is 11.7. The molecular formula is C18H24N4O2. The second-order valence-electron chi connectivity index (χ2n) is 6.30. The quantitative estimate of drug-likeness (QED) is 0.786. The fourth-order valence-electron chi connectivity index (χ4n) is 3.08. The summed E-state index contributed by atoms with van der Waals surface area (Å²) >= 11 is 0. The van der Waals surface area contributed by atoms with E-state index in [0.29, 0.717) is 13.1 Å². The van der Waals surface area contributed by atoms with Crippen molar-refractivity contribution >= 4 is 6.03 Å². The molecule has 3 rings (SSSR count). The van der Waals surface area contributed by atoms with Crippen LogP contribution in [0.5, 0.6) is 0 Å². The van der Waals surface area contributed by atoms with Crippen molar-refractivity contribution in [3.63, 3.8) is 0 Å². The molecule has 1 saturated carbocycles. The topological polar surface area (TPSA) is 79.2 Å². The fraction of sp³-hybridized carbons (Fsp3) is 0.444. The number of carbonyl (C=O) groups is 1. The number of amides is 2. The van der Waals surface area contributed by atoms with Gasteiger partial charge in [0.1, 0.15) is 0 Å². The van der Waals surface area contributed by atoms with Gasteiger partial charge in [-0.15, -0.1) is 0 Å². The molecule has 0 radical (unpaired) electrons. The lowest BCUT2D eigenvalue weighted by atomic mass is 9.93. The minimum Gasteiger partial charge on any atom is -0.393 e. The summed E-state index contributed by atoms with van der Waals surface area (Å²) in [4.78, 5) is 12.1. The van der Waals surface area contributed by atoms with Gasteiger partial charge in [0.05, 0.1) is 12.6 Å². The lowest BCUT2D eigenvalue weighted by molar-refractivity contribution is 0.117. The molecule has 128 valence electrons. The first-order valence-electron chi connectivity index (χ1n) is 8.47. The van der Waals surface area contributed by atoms with Gasteiger partial charge in [0, 0.05) is 25.0 Å². The minimum atomic E-state index is -0.208. The standard InChI is InChI=1S/C18H24N4O2/c23-17-8-6-16(7-9-17)21-18(24)19-12-14-4-1-2-5-15(14)13-22-11-3-10-20-22/h1-5,10-11,16-17,23H,6-9,12-13H2,(H2,19,21,24). The number of nitrogens with zero attached hydrogens (tertiary/aromatic N) is 2. The fourth-order valence-corrected chi connectivity index (χ4v) is 3.08. The average molecular weight is 328 g/mol. The SMILES string of the molecule is O=C(NCc1ccccc1Cn1cccn1)NC1CCC(O)CC1. The number of nitrogens with one attached hydrogen (secondary N) is 2. The van der Waals surface area contributed by atoms with Crippen LogP contribution in [0, 0.1) is 0 Å². The highest BCUT2D eigenvalue weighted by atomic mass is 16.3. The van der Waals surface area contributed by atoms with Gasteiger partial charge < -0.3 is 15.7 Å². The Bertz CT molecular complexity index is 649. The Morgan fingerprint density at radius 3 is 2.62 bits per heavy atom. The number of carbonyl (C=O) groups excluding carboxylic acids is 1. The third kappa shape index (κ3) is 4.58. The molecule has 1 aliphatic carbocycles. The van der Waals surface area contributed by atoms with Gasteiger partial charge in [0.25, 0.3) is 0 Å². The van der Waals surface area contributed by atoms with Crippen LogP contribution in [0.15, 0.2) is 42.7 Å². The number of aromatic nitrogens is 2. The van der Waals surface area contributed by atoms with Crippen molar-refractivity contribution in [1.82, 2.24) is 20.4 Å². The zero-order valence-electron chi connectivity index (χ0n) is 13.7. The molecule has 3 N–H and O–H groups in total. The first kappa shape index (κ1) is 16.5. The van der Waals surface area contributed by atoms with Crippen LogP contribution in [-0.2, 0) is 13.1 Å². The largest absolute Gasteiger partial charge is 0.393 e. The third-order valence-electron chi connectivity index (χ3n) is 4.48. The smallest absolute Gasteiger partial charge is 0.315 e. The van der Waals surface area contributed by atoms with Gasteiger partial charge in [-0.05, 0) is 42.9 Å². The highest BCUT2D eigenvalue weighted by Crippen LogP contribution is 2.18. The van der Waals surface area contributed by atoms with Crippen molar-refractivity contribution in [2.45, 2.75) is 50.9 Å². The van der Waals surface area contributed by atoms with Gasteiger partial charge in [0.15, 0.2) is 0 Å². The second-order valence-corrected chi connectivity index (χ2v) is 6.30. The highest BCUT2D eigenvalue weighted by molar-refractivity contribution is 5.74. The van der Waals surface area contributed by atoms with Gasteiger partial charge in [-0.1, -0.05) is 24.3 Å². The molecule has 1 heterocycles. The lowest BCUT2D eigenvalue weighted by Crippen LogP contribution is -2.44. The molecule has 6 heteroatoms. The normalized spacial score (nSPS) is 20.5. The molecule has 6 nitrogen and oxygen atoms in total. The van der Waals surface area contributed by atoms with Gasteiger partial charge >= 0.3 is 6.03 Å². The third-order valence-corrected chi connectivity index (χ3v) is 4.48. The molecule has 0 bridgehead atoms. The maximum Gasteiger partial charge on any atom is 0.315 e. The molecule has 1 aliphatic rings. The predicted octanol–water partition coefficient (Wildman–Crippen LogP) is 2.03. The van der Waals surface area contributed by atoms with Gasteiger partial charge in [-0.25, -0.2) is 4.79 Å². The molecule has 0 saturated heterocycles. The summed E-state index contributed by atoms with van der Waals surface area (Å²) < 4.78 is 1.87. The second kappa shape index (κ2) is 7.97. The molecule has 0 unspecified atom stereocenters. The van der Waals surface area contributed by atoms with Crippen LogP contribution in [0.25, 0.3) is 0 Å². The summed E-state index contributed by atoms with van der Waals surface area (Å²) in [5, 5.41) is 19.7. The molecule has 1 fully saturated rings. The summed E-state index contributed by atoms with van der Waals surface area (Å²) in [6.45, 7) is 1.17. The Kier molecular flexibility index (Phi) is 5.48.